The molecule has 2 aromatic carbocycles. The van der Waals surface area contributed by atoms with Gasteiger partial charge in [0.2, 0.25) is 0 Å². The van der Waals surface area contributed by atoms with Crippen LogP contribution in [0.5, 0.6) is 0 Å². The van der Waals surface area contributed by atoms with E-state index in [0.29, 0.717) is 6.04 Å². The first kappa shape index (κ1) is 13.9. The Bertz CT molecular complexity index is 760. The molecule has 3 aromatic rings. The van der Waals surface area contributed by atoms with Crippen molar-refractivity contribution in [1.29, 1.82) is 0 Å². The van der Waals surface area contributed by atoms with Gasteiger partial charge < -0.3 is 0 Å². The molecule has 0 amide bonds. The molecule has 1 unspecified atom stereocenters. The van der Waals surface area contributed by atoms with E-state index in [0.717, 1.165) is 12.1 Å². The molecule has 0 radical (unpaired) electrons. The normalized spacial score (nSPS) is 19.0. The van der Waals surface area contributed by atoms with Crippen molar-refractivity contribution in [2.24, 2.45) is 0 Å². The van der Waals surface area contributed by atoms with E-state index in [1.807, 2.05) is 11.3 Å². The highest BCUT2D eigenvalue weighted by Gasteiger charge is 2.28. The first-order valence-corrected chi connectivity index (χ1v) is 8.77. The third-order valence-electron chi connectivity index (χ3n) is 4.59. The van der Waals surface area contributed by atoms with Gasteiger partial charge in [0.1, 0.15) is 5.01 Å². The van der Waals surface area contributed by atoms with Gasteiger partial charge in [-0.1, -0.05) is 36.4 Å². The molecular weight excluding hydrogens is 288 g/mol. The number of para-hydroxylation sites is 1. The second kappa shape index (κ2) is 5.82. The topological polar surface area (TPSA) is 16.1 Å². The van der Waals surface area contributed by atoms with Gasteiger partial charge in [0.25, 0.3) is 0 Å². The second-order valence-electron chi connectivity index (χ2n) is 6.07. The number of nitrogens with zero attached hydrogens (tertiary/aromatic N) is 2. The Labute approximate surface area is 135 Å². The van der Waals surface area contributed by atoms with Crippen LogP contribution in [0, 0.1) is 6.92 Å². The van der Waals surface area contributed by atoms with Crippen LogP contribution in [0.15, 0.2) is 48.5 Å². The van der Waals surface area contributed by atoms with Crippen molar-refractivity contribution in [1.82, 2.24) is 9.88 Å². The number of hydrogen-bond acceptors (Lipinski definition) is 3. The molecule has 0 spiro atoms. The van der Waals surface area contributed by atoms with Crippen molar-refractivity contribution in [2.45, 2.75) is 32.4 Å². The average molecular weight is 308 g/mol. The minimum absolute atomic E-state index is 0.483. The molecule has 3 heteroatoms. The van der Waals surface area contributed by atoms with Crippen LogP contribution >= 0.6 is 11.3 Å². The molecule has 1 aromatic heterocycles. The largest absolute Gasteiger partial charge is 0.290 e. The molecule has 1 atom stereocenters. The van der Waals surface area contributed by atoms with E-state index in [2.05, 4.69) is 60.4 Å². The summed E-state index contributed by atoms with van der Waals surface area (Å²) in [7, 11) is 0. The number of rotatable bonds is 3. The Morgan fingerprint density at radius 2 is 1.95 bits per heavy atom. The Morgan fingerprint density at radius 1 is 1.14 bits per heavy atom. The second-order valence-corrected chi connectivity index (χ2v) is 7.14. The fraction of sp³-hybridized carbons (Fsp3) is 0.316. The van der Waals surface area contributed by atoms with Gasteiger partial charge >= 0.3 is 0 Å². The average Bonchev–Trinajstić information content (AvgIpc) is 3.15. The summed E-state index contributed by atoms with van der Waals surface area (Å²) < 4.78 is 1.31. The molecule has 2 heterocycles. The number of fused-ring (bicyclic) bond motifs is 1. The van der Waals surface area contributed by atoms with Crippen molar-refractivity contribution < 1.29 is 0 Å². The summed E-state index contributed by atoms with van der Waals surface area (Å²) >= 11 is 1.86. The predicted molar refractivity (Wildman–Crippen MR) is 93.2 cm³/mol. The molecule has 4 rings (SSSR count). The zero-order valence-electron chi connectivity index (χ0n) is 12.8. The van der Waals surface area contributed by atoms with E-state index in [9.17, 15) is 0 Å². The highest BCUT2D eigenvalue weighted by Crippen LogP contribution is 2.37. The van der Waals surface area contributed by atoms with E-state index in [1.165, 1.54) is 40.2 Å². The van der Waals surface area contributed by atoms with Gasteiger partial charge in [-0.25, -0.2) is 4.98 Å². The summed E-state index contributed by atoms with van der Waals surface area (Å²) in [5.41, 5.74) is 3.97. The number of likely N-dealkylation sites (tertiary alicyclic amines) is 1. The first-order valence-electron chi connectivity index (χ1n) is 7.95. The standard InChI is InChI=1S/C19H20N2S/c1-14-7-2-3-8-15(14)13-21-12-6-10-17(21)19-20-16-9-4-5-11-18(16)22-19/h2-5,7-9,11,17H,6,10,12-13H2,1H3. The van der Waals surface area contributed by atoms with Gasteiger partial charge in [-0.2, -0.15) is 0 Å². The Morgan fingerprint density at radius 3 is 2.82 bits per heavy atom. The summed E-state index contributed by atoms with van der Waals surface area (Å²) in [5.74, 6) is 0. The Hall–Kier alpha value is -1.71. The minimum atomic E-state index is 0.483. The number of aromatic nitrogens is 1. The summed E-state index contributed by atoms with van der Waals surface area (Å²) in [6, 6.07) is 17.7. The fourth-order valence-electron chi connectivity index (χ4n) is 3.33. The van der Waals surface area contributed by atoms with Crippen LogP contribution in [0.4, 0.5) is 0 Å². The lowest BCUT2D eigenvalue weighted by Gasteiger charge is -2.23. The van der Waals surface area contributed by atoms with Gasteiger partial charge in [0, 0.05) is 6.54 Å². The maximum Gasteiger partial charge on any atom is 0.111 e. The van der Waals surface area contributed by atoms with Gasteiger partial charge in [0.15, 0.2) is 0 Å². The third kappa shape index (κ3) is 2.55. The summed E-state index contributed by atoms with van der Waals surface area (Å²) in [6.07, 6.45) is 2.50. The lowest BCUT2D eigenvalue weighted by molar-refractivity contribution is 0.248. The van der Waals surface area contributed by atoms with Crippen LogP contribution in [0.3, 0.4) is 0 Å². The molecule has 1 saturated heterocycles. The zero-order valence-corrected chi connectivity index (χ0v) is 13.6. The zero-order chi connectivity index (χ0) is 14.9. The maximum absolute atomic E-state index is 4.89. The summed E-state index contributed by atoms with van der Waals surface area (Å²) in [5, 5.41) is 1.28. The number of benzene rings is 2. The lowest BCUT2D eigenvalue weighted by atomic mass is 10.1. The number of hydrogen-bond donors (Lipinski definition) is 0. The number of aryl methyl sites for hydroxylation is 1. The van der Waals surface area contributed by atoms with Crippen LogP contribution in [0.2, 0.25) is 0 Å². The molecule has 1 fully saturated rings. The quantitative estimate of drug-likeness (QED) is 0.681. The van der Waals surface area contributed by atoms with Crippen LogP contribution < -0.4 is 0 Å². The molecular formula is C19H20N2S. The molecule has 22 heavy (non-hydrogen) atoms. The highest BCUT2D eigenvalue weighted by molar-refractivity contribution is 7.18. The highest BCUT2D eigenvalue weighted by atomic mass is 32.1. The molecule has 1 aliphatic heterocycles. The Kier molecular flexibility index (Phi) is 3.68. The molecule has 0 saturated carbocycles. The monoisotopic (exact) mass is 308 g/mol. The fourth-order valence-corrected chi connectivity index (χ4v) is 4.47. The number of thiazole rings is 1. The molecule has 0 N–H and O–H groups in total. The van der Waals surface area contributed by atoms with Crippen LogP contribution in [-0.4, -0.2) is 16.4 Å². The lowest BCUT2D eigenvalue weighted by Crippen LogP contribution is -2.23. The van der Waals surface area contributed by atoms with Crippen molar-refractivity contribution >= 4 is 21.6 Å². The molecule has 0 bridgehead atoms. The van der Waals surface area contributed by atoms with Crippen molar-refractivity contribution in [3.63, 3.8) is 0 Å². The van der Waals surface area contributed by atoms with E-state index >= 15 is 0 Å². The molecule has 0 aliphatic carbocycles. The van der Waals surface area contributed by atoms with Crippen molar-refractivity contribution in [2.75, 3.05) is 6.54 Å². The third-order valence-corrected chi connectivity index (χ3v) is 5.73. The van der Waals surface area contributed by atoms with Gasteiger partial charge in [-0.15, -0.1) is 11.3 Å². The van der Waals surface area contributed by atoms with Gasteiger partial charge in [-0.3, -0.25) is 4.90 Å². The van der Waals surface area contributed by atoms with E-state index in [-0.39, 0.29) is 0 Å². The van der Waals surface area contributed by atoms with Gasteiger partial charge in [-0.05, 0) is 49.6 Å². The minimum Gasteiger partial charge on any atom is -0.290 e. The van der Waals surface area contributed by atoms with Crippen molar-refractivity contribution in [3.8, 4) is 0 Å². The molecule has 2 nitrogen and oxygen atoms in total. The van der Waals surface area contributed by atoms with Crippen LogP contribution in [0.1, 0.15) is 35.0 Å². The predicted octanol–water partition coefficient (Wildman–Crippen LogP) is 4.94. The molecule has 1 aliphatic rings. The van der Waals surface area contributed by atoms with E-state index in [4.69, 9.17) is 4.98 Å². The SMILES string of the molecule is Cc1ccccc1CN1CCCC1c1nc2ccccc2s1. The Balaban J connectivity index is 1.62. The van der Waals surface area contributed by atoms with E-state index in [1.54, 1.807) is 0 Å². The summed E-state index contributed by atoms with van der Waals surface area (Å²) in [6.45, 7) is 4.42. The van der Waals surface area contributed by atoms with E-state index < -0.39 is 0 Å². The first-order chi connectivity index (χ1) is 10.8. The summed E-state index contributed by atoms with van der Waals surface area (Å²) in [4.78, 5) is 7.48. The molecule has 112 valence electrons. The van der Waals surface area contributed by atoms with Gasteiger partial charge in [0.05, 0.1) is 16.3 Å². The maximum atomic E-state index is 4.89. The van der Waals surface area contributed by atoms with Crippen LogP contribution in [0.25, 0.3) is 10.2 Å². The van der Waals surface area contributed by atoms with Crippen LogP contribution in [-0.2, 0) is 6.54 Å². The van der Waals surface area contributed by atoms with Crippen molar-refractivity contribution in [3.05, 3.63) is 64.7 Å². The smallest absolute Gasteiger partial charge is 0.111 e.